The van der Waals surface area contributed by atoms with Crippen molar-refractivity contribution < 1.29 is 0 Å². The molecule has 0 aliphatic heterocycles. The van der Waals surface area contributed by atoms with E-state index in [1.807, 2.05) is 0 Å². The summed E-state index contributed by atoms with van der Waals surface area (Å²) in [6, 6.07) is 8.33. The Balaban J connectivity index is 2.29. The minimum atomic E-state index is 0.277. The van der Waals surface area contributed by atoms with E-state index in [-0.39, 0.29) is 5.92 Å². The molecule has 0 amide bonds. The number of nitrogens with zero attached hydrogens (tertiary/aromatic N) is 2. The summed E-state index contributed by atoms with van der Waals surface area (Å²) >= 11 is 6.19. The highest BCUT2D eigenvalue weighted by atomic mass is 35.5. The quantitative estimate of drug-likeness (QED) is 0.920. The predicted octanol–water partition coefficient (Wildman–Crippen LogP) is 3.60. The van der Waals surface area contributed by atoms with Gasteiger partial charge in [-0.25, -0.2) is 4.68 Å². The third kappa shape index (κ3) is 2.51. The number of rotatable bonds is 3. The van der Waals surface area contributed by atoms with E-state index < -0.39 is 0 Å². The molecular formula is C14H18ClN3. The van der Waals surface area contributed by atoms with Gasteiger partial charge in [0, 0.05) is 0 Å². The molecule has 2 N–H and O–H groups in total. The molecule has 1 aromatic heterocycles. The van der Waals surface area contributed by atoms with Crippen LogP contribution in [-0.4, -0.2) is 9.78 Å². The largest absolute Gasteiger partial charge is 0.383 e. The van der Waals surface area contributed by atoms with Crippen LogP contribution in [0.4, 0.5) is 5.82 Å². The fourth-order valence-electron chi connectivity index (χ4n) is 1.83. The van der Waals surface area contributed by atoms with Gasteiger partial charge in [0.25, 0.3) is 0 Å². The van der Waals surface area contributed by atoms with Gasteiger partial charge in [0.2, 0.25) is 0 Å². The Kier molecular flexibility index (Phi) is 3.62. The van der Waals surface area contributed by atoms with Crippen LogP contribution in [0.15, 0.2) is 24.3 Å². The molecule has 0 fully saturated rings. The fourth-order valence-corrected chi connectivity index (χ4v) is 2.18. The molecule has 1 heterocycles. The summed E-state index contributed by atoms with van der Waals surface area (Å²) < 4.78 is 1.77. The van der Waals surface area contributed by atoms with Crippen molar-refractivity contribution in [3.8, 4) is 0 Å². The first-order chi connectivity index (χ1) is 8.49. The zero-order valence-corrected chi connectivity index (χ0v) is 11.7. The normalized spacial score (nSPS) is 11.2. The number of nitrogens with two attached hydrogens (primary N) is 1. The molecule has 0 radical (unpaired) electrons. The van der Waals surface area contributed by atoms with E-state index in [2.05, 4.69) is 50.1 Å². The maximum absolute atomic E-state index is 6.19. The molecule has 96 valence electrons. The minimum Gasteiger partial charge on any atom is -0.383 e. The maximum Gasteiger partial charge on any atom is 0.141 e. The third-order valence-corrected chi connectivity index (χ3v) is 3.34. The van der Waals surface area contributed by atoms with Gasteiger partial charge in [-0.1, -0.05) is 55.3 Å². The van der Waals surface area contributed by atoms with Crippen LogP contribution in [0, 0.1) is 6.92 Å². The van der Waals surface area contributed by atoms with E-state index in [0.29, 0.717) is 17.4 Å². The lowest BCUT2D eigenvalue weighted by atomic mass is 10.1. The molecular weight excluding hydrogens is 246 g/mol. The first-order valence-corrected chi connectivity index (χ1v) is 6.44. The molecule has 0 aliphatic carbocycles. The molecule has 0 unspecified atom stereocenters. The lowest BCUT2D eigenvalue weighted by molar-refractivity contribution is 0.664. The van der Waals surface area contributed by atoms with Gasteiger partial charge in [0.1, 0.15) is 10.8 Å². The molecule has 0 spiro atoms. The van der Waals surface area contributed by atoms with Crippen LogP contribution in [-0.2, 0) is 6.54 Å². The molecule has 0 saturated heterocycles. The molecule has 2 aromatic rings. The van der Waals surface area contributed by atoms with Gasteiger partial charge in [0.15, 0.2) is 0 Å². The summed E-state index contributed by atoms with van der Waals surface area (Å²) in [5.74, 6) is 0.819. The van der Waals surface area contributed by atoms with Crippen molar-refractivity contribution in [2.24, 2.45) is 0 Å². The minimum absolute atomic E-state index is 0.277. The molecule has 0 saturated carbocycles. The molecule has 4 heteroatoms. The second-order valence-electron chi connectivity index (χ2n) is 4.88. The van der Waals surface area contributed by atoms with Gasteiger partial charge in [-0.05, 0) is 18.4 Å². The van der Waals surface area contributed by atoms with Gasteiger partial charge < -0.3 is 5.73 Å². The zero-order chi connectivity index (χ0) is 13.3. The first-order valence-electron chi connectivity index (χ1n) is 6.06. The van der Waals surface area contributed by atoms with Gasteiger partial charge in [0.05, 0.1) is 12.2 Å². The van der Waals surface area contributed by atoms with Gasteiger partial charge >= 0.3 is 0 Å². The zero-order valence-electron chi connectivity index (χ0n) is 10.9. The molecule has 3 nitrogen and oxygen atoms in total. The Morgan fingerprint density at radius 3 is 2.39 bits per heavy atom. The number of nitrogen functional groups attached to an aromatic ring is 1. The lowest BCUT2D eigenvalue weighted by Crippen LogP contribution is -2.06. The molecule has 0 bridgehead atoms. The average molecular weight is 264 g/mol. The first kappa shape index (κ1) is 13.0. The van der Waals surface area contributed by atoms with Crippen LogP contribution in [0.2, 0.25) is 5.02 Å². The van der Waals surface area contributed by atoms with Crippen LogP contribution >= 0.6 is 11.6 Å². The Morgan fingerprint density at radius 1 is 1.28 bits per heavy atom. The Bertz CT molecular complexity index is 541. The van der Waals surface area contributed by atoms with Crippen molar-refractivity contribution in [1.82, 2.24) is 9.78 Å². The van der Waals surface area contributed by atoms with Crippen LogP contribution in [0.25, 0.3) is 0 Å². The lowest BCUT2D eigenvalue weighted by Gasteiger charge is -2.04. The highest BCUT2D eigenvalue weighted by molar-refractivity contribution is 6.33. The van der Waals surface area contributed by atoms with Crippen molar-refractivity contribution in [2.45, 2.75) is 33.2 Å². The van der Waals surface area contributed by atoms with Crippen molar-refractivity contribution in [2.75, 3.05) is 5.73 Å². The van der Waals surface area contributed by atoms with Gasteiger partial charge in [-0.15, -0.1) is 0 Å². The molecule has 18 heavy (non-hydrogen) atoms. The van der Waals surface area contributed by atoms with E-state index in [4.69, 9.17) is 17.3 Å². The summed E-state index contributed by atoms with van der Waals surface area (Å²) in [5.41, 5.74) is 9.26. The predicted molar refractivity (Wildman–Crippen MR) is 76.0 cm³/mol. The second-order valence-corrected chi connectivity index (χ2v) is 5.26. The van der Waals surface area contributed by atoms with Crippen molar-refractivity contribution in [3.63, 3.8) is 0 Å². The van der Waals surface area contributed by atoms with E-state index in [1.165, 1.54) is 11.1 Å². The van der Waals surface area contributed by atoms with E-state index in [9.17, 15) is 0 Å². The maximum atomic E-state index is 6.19. The van der Waals surface area contributed by atoms with E-state index in [0.717, 1.165) is 5.69 Å². The monoisotopic (exact) mass is 263 g/mol. The van der Waals surface area contributed by atoms with Crippen LogP contribution in [0.3, 0.4) is 0 Å². The number of benzene rings is 1. The SMILES string of the molecule is Cc1ccc(Cn2nc(C(C)C)c(Cl)c2N)cc1. The summed E-state index contributed by atoms with van der Waals surface area (Å²) in [5, 5.41) is 5.07. The third-order valence-electron chi connectivity index (χ3n) is 2.96. The number of halogens is 1. The highest BCUT2D eigenvalue weighted by Crippen LogP contribution is 2.29. The molecule has 0 aliphatic rings. The molecule has 2 rings (SSSR count). The standard InChI is InChI=1S/C14H18ClN3/c1-9(2)13-12(15)14(16)18(17-13)8-11-6-4-10(3)5-7-11/h4-7,9H,8,16H2,1-3H3. The van der Waals surface area contributed by atoms with Crippen LogP contribution < -0.4 is 5.73 Å². The van der Waals surface area contributed by atoms with E-state index >= 15 is 0 Å². The van der Waals surface area contributed by atoms with E-state index in [1.54, 1.807) is 4.68 Å². The molecule has 1 aromatic carbocycles. The molecule has 0 atom stereocenters. The number of aryl methyl sites for hydroxylation is 1. The summed E-state index contributed by atoms with van der Waals surface area (Å²) in [7, 11) is 0. The van der Waals surface area contributed by atoms with Crippen molar-refractivity contribution in [1.29, 1.82) is 0 Å². The smallest absolute Gasteiger partial charge is 0.141 e. The number of hydrogen-bond donors (Lipinski definition) is 1. The number of hydrogen-bond acceptors (Lipinski definition) is 2. The second kappa shape index (κ2) is 5.02. The Morgan fingerprint density at radius 2 is 1.89 bits per heavy atom. The van der Waals surface area contributed by atoms with Gasteiger partial charge in [-0.3, -0.25) is 0 Å². The van der Waals surface area contributed by atoms with Crippen molar-refractivity contribution >= 4 is 17.4 Å². The summed E-state index contributed by atoms with van der Waals surface area (Å²) in [4.78, 5) is 0. The summed E-state index contributed by atoms with van der Waals surface area (Å²) in [6.07, 6.45) is 0. The topological polar surface area (TPSA) is 43.8 Å². The number of aromatic nitrogens is 2. The summed E-state index contributed by atoms with van der Waals surface area (Å²) in [6.45, 7) is 6.84. The Labute approximate surface area is 113 Å². The Hall–Kier alpha value is -1.48. The average Bonchev–Trinajstić information content (AvgIpc) is 2.60. The van der Waals surface area contributed by atoms with Gasteiger partial charge in [-0.2, -0.15) is 5.10 Å². The fraction of sp³-hybridized carbons (Fsp3) is 0.357. The van der Waals surface area contributed by atoms with Crippen molar-refractivity contribution in [3.05, 3.63) is 46.1 Å². The van der Waals surface area contributed by atoms with Crippen LogP contribution in [0.5, 0.6) is 0 Å². The number of anilines is 1. The highest BCUT2D eigenvalue weighted by Gasteiger charge is 2.16. The van der Waals surface area contributed by atoms with Crippen LogP contribution in [0.1, 0.15) is 36.6 Å².